The Morgan fingerprint density at radius 2 is 1.95 bits per heavy atom. The lowest BCUT2D eigenvalue weighted by molar-refractivity contribution is -0.136. The highest BCUT2D eigenvalue weighted by Gasteiger charge is 2.21. The molecule has 0 aliphatic rings. The van der Waals surface area contributed by atoms with Gasteiger partial charge in [0.1, 0.15) is 0 Å². The van der Waals surface area contributed by atoms with E-state index in [1.54, 1.807) is 25.1 Å². The van der Waals surface area contributed by atoms with Crippen LogP contribution in [0.1, 0.15) is 25.8 Å². The number of rotatable bonds is 5. The van der Waals surface area contributed by atoms with E-state index >= 15 is 0 Å². The lowest BCUT2D eigenvalue weighted by Crippen LogP contribution is -2.44. The fraction of sp³-hybridized carbons (Fsp3) is 0.467. The van der Waals surface area contributed by atoms with Gasteiger partial charge in [-0.2, -0.15) is 0 Å². The van der Waals surface area contributed by atoms with E-state index in [9.17, 15) is 9.59 Å². The van der Waals surface area contributed by atoms with Crippen molar-refractivity contribution in [3.05, 3.63) is 28.8 Å². The first kappa shape index (κ1) is 17.5. The van der Waals surface area contributed by atoms with Crippen LogP contribution in [-0.2, 0) is 9.59 Å². The van der Waals surface area contributed by atoms with Gasteiger partial charge < -0.3 is 15.7 Å². The molecule has 0 aliphatic carbocycles. The first-order valence-electron chi connectivity index (χ1n) is 6.84. The summed E-state index contributed by atoms with van der Waals surface area (Å²) in [6, 6.07) is 4.85. The van der Waals surface area contributed by atoms with E-state index in [2.05, 4.69) is 10.6 Å². The Hall–Kier alpha value is -1.59. The molecule has 1 rings (SSSR count). The van der Waals surface area contributed by atoms with Gasteiger partial charge in [0, 0.05) is 23.4 Å². The SMILES string of the molecule is Cc1c(Cl)cccc1NC(=O)C(=O)NC(CCO)C(C)C. The minimum atomic E-state index is -0.746. The molecule has 0 spiro atoms. The van der Waals surface area contributed by atoms with Crippen LogP contribution in [0, 0.1) is 12.8 Å². The van der Waals surface area contributed by atoms with Gasteiger partial charge in [-0.15, -0.1) is 0 Å². The second-order valence-electron chi connectivity index (χ2n) is 5.20. The van der Waals surface area contributed by atoms with Crippen molar-refractivity contribution in [3.8, 4) is 0 Å². The number of hydrogen-bond donors (Lipinski definition) is 3. The third kappa shape index (κ3) is 5.02. The maximum atomic E-state index is 11.9. The Morgan fingerprint density at radius 3 is 2.52 bits per heavy atom. The quantitative estimate of drug-likeness (QED) is 0.729. The van der Waals surface area contributed by atoms with Gasteiger partial charge in [-0.05, 0) is 37.0 Å². The zero-order valence-electron chi connectivity index (χ0n) is 12.4. The highest BCUT2D eigenvalue weighted by atomic mass is 35.5. The average molecular weight is 313 g/mol. The molecule has 0 fully saturated rings. The van der Waals surface area contributed by atoms with E-state index in [1.807, 2.05) is 13.8 Å². The number of carbonyl (C=O) groups is 2. The minimum Gasteiger partial charge on any atom is -0.396 e. The molecular formula is C15H21ClN2O3. The molecule has 0 heterocycles. The van der Waals surface area contributed by atoms with Crippen molar-refractivity contribution in [1.29, 1.82) is 0 Å². The van der Waals surface area contributed by atoms with Crippen LogP contribution >= 0.6 is 11.6 Å². The van der Waals surface area contributed by atoms with Crippen molar-refractivity contribution in [2.75, 3.05) is 11.9 Å². The van der Waals surface area contributed by atoms with Gasteiger partial charge in [0.15, 0.2) is 0 Å². The predicted molar refractivity (Wildman–Crippen MR) is 83.3 cm³/mol. The van der Waals surface area contributed by atoms with Gasteiger partial charge in [0.2, 0.25) is 0 Å². The standard InChI is InChI=1S/C15H21ClN2O3/c1-9(2)12(7-8-19)17-14(20)15(21)18-13-6-4-5-11(16)10(13)3/h4-6,9,12,19H,7-8H2,1-3H3,(H,17,20)(H,18,21). The summed E-state index contributed by atoms with van der Waals surface area (Å²) in [6.45, 7) is 5.55. The molecule has 1 aromatic carbocycles. The lowest BCUT2D eigenvalue weighted by atomic mass is 10.0. The molecule has 1 atom stereocenters. The molecule has 21 heavy (non-hydrogen) atoms. The monoisotopic (exact) mass is 312 g/mol. The topological polar surface area (TPSA) is 78.4 Å². The van der Waals surface area contributed by atoms with E-state index in [4.69, 9.17) is 16.7 Å². The highest BCUT2D eigenvalue weighted by Crippen LogP contribution is 2.22. The second kappa shape index (κ2) is 8.00. The van der Waals surface area contributed by atoms with Crippen molar-refractivity contribution in [1.82, 2.24) is 5.32 Å². The van der Waals surface area contributed by atoms with Crippen LogP contribution < -0.4 is 10.6 Å². The third-order valence-corrected chi connectivity index (χ3v) is 3.69. The predicted octanol–water partition coefficient (Wildman–Crippen LogP) is 2.11. The van der Waals surface area contributed by atoms with E-state index in [-0.39, 0.29) is 18.6 Å². The van der Waals surface area contributed by atoms with Crippen molar-refractivity contribution >= 4 is 29.1 Å². The van der Waals surface area contributed by atoms with Gasteiger partial charge in [0.05, 0.1) is 0 Å². The van der Waals surface area contributed by atoms with Crippen molar-refractivity contribution in [2.45, 2.75) is 33.2 Å². The fourth-order valence-corrected chi connectivity index (χ4v) is 2.04. The van der Waals surface area contributed by atoms with Crippen molar-refractivity contribution in [3.63, 3.8) is 0 Å². The van der Waals surface area contributed by atoms with E-state index < -0.39 is 11.8 Å². The summed E-state index contributed by atoms with van der Waals surface area (Å²) in [5.41, 5.74) is 1.21. The molecular weight excluding hydrogens is 292 g/mol. The summed E-state index contributed by atoms with van der Waals surface area (Å²) < 4.78 is 0. The van der Waals surface area contributed by atoms with Gasteiger partial charge in [-0.1, -0.05) is 31.5 Å². The molecule has 0 aliphatic heterocycles. The van der Waals surface area contributed by atoms with Gasteiger partial charge in [0.25, 0.3) is 0 Å². The minimum absolute atomic E-state index is 0.0435. The number of anilines is 1. The molecule has 1 aromatic rings. The van der Waals surface area contributed by atoms with Crippen LogP contribution in [0.3, 0.4) is 0 Å². The molecule has 2 amide bonds. The Kier molecular flexibility index (Phi) is 6.65. The van der Waals surface area contributed by atoms with Crippen LogP contribution in [0.5, 0.6) is 0 Å². The zero-order valence-corrected chi connectivity index (χ0v) is 13.2. The largest absolute Gasteiger partial charge is 0.396 e. The smallest absolute Gasteiger partial charge is 0.313 e. The summed E-state index contributed by atoms with van der Waals surface area (Å²) >= 11 is 5.96. The van der Waals surface area contributed by atoms with Crippen LogP contribution in [0.25, 0.3) is 0 Å². The molecule has 0 radical (unpaired) electrons. The molecule has 0 saturated carbocycles. The number of benzene rings is 1. The van der Waals surface area contributed by atoms with Crippen LogP contribution in [0.2, 0.25) is 5.02 Å². The summed E-state index contributed by atoms with van der Waals surface area (Å²) in [4.78, 5) is 23.8. The molecule has 3 N–H and O–H groups in total. The highest BCUT2D eigenvalue weighted by molar-refractivity contribution is 6.40. The molecule has 6 heteroatoms. The van der Waals surface area contributed by atoms with Crippen LogP contribution in [-0.4, -0.2) is 29.6 Å². The average Bonchev–Trinajstić information content (AvgIpc) is 2.43. The van der Waals surface area contributed by atoms with Crippen LogP contribution in [0.15, 0.2) is 18.2 Å². The molecule has 0 bridgehead atoms. The number of amides is 2. The number of carbonyl (C=O) groups excluding carboxylic acids is 2. The first-order valence-corrected chi connectivity index (χ1v) is 7.22. The third-order valence-electron chi connectivity index (χ3n) is 3.28. The summed E-state index contributed by atoms with van der Waals surface area (Å²) in [5.74, 6) is -1.34. The lowest BCUT2D eigenvalue weighted by Gasteiger charge is -2.21. The Labute approximate surface area is 129 Å². The summed E-state index contributed by atoms with van der Waals surface area (Å²) in [5, 5.41) is 14.7. The Morgan fingerprint density at radius 1 is 1.29 bits per heavy atom. The number of hydrogen-bond acceptors (Lipinski definition) is 3. The van der Waals surface area contributed by atoms with E-state index in [0.717, 1.165) is 0 Å². The van der Waals surface area contributed by atoms with E-state index in [0.29, 0.717) is 22.7 Å². The maximum Gasteiger partial charge on any atom is 0.313 e. The summed E-state index contributed by atoms with van der Waals surface area (Å²) in [6.07, 6.45) is 0.410. The van der Waals surface area contributed by atoms with Gasteiger partial charge in [-0.25, -0.2) is 0 Å². The maximum absolute atomic E-state index is 11.9. The van der Waals surface area contributed by atoms with Crippen molar-refractivity contribution < 1.29 is 14.7 Å². The molecule has 5 nitrogen and oxygen atoms in total. The number of aliphatic hydroxyl groups is 1. The molecule has 1 unspecified atom stereocenters. The Bertz CT molecular complexity index is 518. The number of halogens is 1. The second-order valence-corrected chi connectivity index (χ2v) is 5.61. The normalized spacial score (nSPS) is 12.1. The van der Waals surface area contributed by atoms with Crippen LogP contribution in [0.4, 0.5) is 5.69 Å². The fourth-order valence-electron chi connectivity index (χ4n) is 1.87. The zero-order chi connectivity index (χ0) is 16.0. The number of aliphatic hydroxyl groups excluding tert-OH is 1. The van der Waals surface area contributed by atoms with E-state index in [1.165, 1.54) is 0 Å². The first-order chi connectivity index (χ1) is 9.86. The van der Waals surface area contributed by atoms with Gasteiger partial charge >= 0.3 is 11.8 Å². The molecule has 0 aromatic heterocycles. The summed E-state index contributed by atoms with van der Waals surface area (Å²) in [7, 11) is 0. The Balaban J connectivity index is 2.70. The number of nitrogens with one attached hydrogen (secondary N) is 2. The van der Waals surface area contributed by atoms with Crippen molar-refractivity contribution in [2.24, 2.45) is 5.92 Å². The molecule has 0 saturated heterocycles. The molecule has 116 valence electrons. The van der Waals surface area contributed by atoms with Gasteiger partial charge in [-0.3, -0.25) is 9.59 Å².